The van der Waals surface area contributed by atoms with Gasteiger partial charge < -0.3 is 9.32 Å². The van der Waals surface area contributed by atoms with Crippen LogP contribution in [0.2, 0.25) is 0 Å². The number of unbranched alkanes of at least 4 members (excludes halogenated alkanes) is 1. The van der Waals surface area contributed by atoms with Crippen molar-refractivity contribution in [2.45, 2.75) is 26.3 Å². The summed E-state index contributed by atoms with van der Waals surface area (Å²) in [7, 11) is 0. The van der Waals surface area contributed by atoms with E-state index in [4.69, 9.17) is 4.42 Å². The first-order chi connectivity index (χ1) is 13.0. The van der Waals surface area contributed by atoms with Crippen LogP contribution in [-0.2, 0) is 11.3 Å². The van der Waals surface area contributed by atoms with E-state index in [0.717, 1.165) is 18.5 Å². The van der Waals surface area contributed by atoms with Crippen molar-refractivity contribution >= 4 is 28.4 Å². The van der Waals surface area contributed by atoms with Gasteiger partial charge in [0.05, 0.1) is 16.5 Å². The Morgan fingerprint density at radius 1 is 1.22 bits per heavy atom. The average molecular weight is 369 g/mol. The lowest BCUT2D eigenvalue weighted by molar-refractivity contribution is -0.384. The van der Waals surface area contributed by atoms with Gasteiger partial charge in [0.1, 0.15) is 6.54 Å². The first kappa shape index (κ1) is 18.4. The van der Waals surface area contributed by atoms with E-state index in [1.807, 2.05) is 37.3 Å². The number of non-ortho nitro benzene ring substituents is 1. The molecule has 0 aliphatic rings. The van der Waals surface area contributed by atoms with E-state index >= 15 is 0 Å². The normalized spacial score (nSPS) is 10.9. The van der Waals surface area contributed by atoms with Crippen LogP contribution in [0, 0.1) is 10.1 Å². The molecule has 0 bridgehead atoms. The summed E-state index contributed by atoms with van der Waals surface area (Å²) in [6, 6.07) is 13.1. The molecule has 0 aliphatic heterocycles. The first-order valence-electron chi connectivity index (χ1n) is 8.64. The van der Waals surface area contributed by atoms with Crippen LogP contribution in [0.5, 0.6) is 0 Å². The summed E-state index contributed by atoms with van der Waals surface area (Å²) >= 11 is 0. The predicted octanol–water partition coefficient (Wildman–Crippen LogP) is 3.34. The van der Waals surface area contributed by atoms with E-state index in [2.05, 4.69) is 0 Å². The number of amides is 1. The molecule has 3 aromatic rings. The zero-order chi connectivity index (χ0) is 19.4. The fourth-order valence-electron chi connectivity index (χ4n) is 2.86. The lowest BCUT2D eigenvalue weighted by Gasteiger charge is -2.22. The SMILES string of the molecule is CCCCN(C(=O)Cn1c(=O)oc2cc([N+](=O)[O-])ccc21)c1ccccc1. The van der Waals surface area contributed by atoms with Gasteiger partial charge in [0, 0.05) is 18.3 Å². The number of benzene rings is 2. The minimum absolute atomic E-state index is 0.0850. The summed E-state index contributed by atoms with van der Waals surface area (Å²) in [5, 5.41) is 10.9. The van der Waals surface area contributed by atoms with Crippen LogP contribution in [0.4, 0.5) is 11.4 Å². The minimum Gasteiger partial charge on any atom is -0.407 e. The number of nitro groups is 1. The highest BCUT2D eigenvalue weighted by molar-refractivity contribution is 5.94. The van der Waals surface area contributed by atoms with Gasteiger partial charge in [-0.1, -0.05) is 31.5 Å². The number of carbonyl (C=O) groups excluding carboxylic acids is 1. The van der Waals surface area contributed by atoms with Gasteiger partial charge in [-0.3, -0.25) is 19.5 Å². The summed E-state index contributed by atoms with van der Waals surface area (Å²) in [5.74, 6) is -0.972. The molecule has 0 unspecified atom stereocenters. The molecule has 140 valence electrons. The number of fused-ring (bicyclic) bond motifs is 1. The third-order valence-corrected chi connectivity index (χ3v) is 4.26. The second kappa shape index (κ2) is 7.86. The molecule has 0 saturated heterocycles. The number of hydrogen-bond acceptors (Lipinski definition) is 5. The number of carbonyl (C=O) groups is 1. The van der Waals surface area contributed by atoms with Crippen LogP contribution < -0.4 is 10.7 Å². The smallest absolute Gasteiger partial charge is 0.407 e. The topological polar surface area (TPSA) is 98.6 Å². The van der Waals surface area contributed by atoms with Gasteiger partial charge in [0.25, 0.3) is 5.69 Å². The molecule has 0 saturated carbocycles. The van der Waals surface area contributed by atoms with Crippen LogP contribution in [0.25, 0.3) is 11.1 Å². The van der Waals surface area contributed by atoms with Gasteiger partial charge in [-0.15, -0.1) is 0 Å². The highest BCUT2D eigenvalue weighted by Gasteiger charge is 2.20. The maximum Gasteiger partial charge on any atom is 0.420 e. The summed E-state index contributed by atoms with van der Waals surface area (Å²) in [6.07, 6.45) is 1.75. The summed E-state index contributed by atoms with van der Waals surface area (Å²) < 4.78 is 6.29. The number of para-hydroxylation sites is 1. The quantitative estimate of drug-likeness (QED) is 0.470. The van der Waals surface area contributed by atoms with E-state index in [1.165, 1.54) is 22.8 Å². The molecule has 8 nitrogen and oxygen atoms in total. The van der Waals surface area contributed by atoms with E-state index in [0.29, 0.717) is 12.1 Å². The van der Waals surface area contributed by atoms with Crippen molar-refractivity contribution in [3.63, 3.8) is 0 Å². The van der Waals surface area contributed by atoms with Gasteiger partial charge in [0.15, 0.2) is 5.58 Å². The Balaban J connectivity index is 1.92. The minimum atomic E-state index is -0.720. The fourth-order valence-corrected chi connectivity index (χ4v) is 2.86. The molecule has 1 amide bonds. The van der Waals surface area contributed by atoms with Gasteiger partial charge in [0.2, 0.25) is 5.91 Å². The van der Waals surface area contributed by atoms with Crippen molar-refractivity contribution in [2.24, 2.45) is 0 Å². The van der Waals surface area contributed by atoms with Gasteiger partial charge in [-0.25, -0.2) is 4.79 Å². The second-order valence-electron chi connectivity index (χ2n) is 6.10. The number of hydrogen-bond donors (Lipinski definition) is 0. The van der Waals surface area contributed by atoms with Crippen LogP contribution in [0.1, 0.15) is 19.8 Å². The maximum absolute atomic E-state index is 12.9. The van der Waals surface area contributed by atoms with Crippen molar-refractivity contribution in [2.75, 3.05) is 11.4 Å². The number of aromatic nitrogens is 1. The number of rotatable bonds is 7. The Morgan fingerprint density at radius 3 is 2.63 bits per heavy atom. The summed E-state index contributed by atoms with van der Waals surface area (Å²) in [6.45, 7) is 2.37. The molecule has 0 radical (unpaired) electrons. The number of anilines is 1. The Hall–Kier alpha value is -3.42. The molecule has 1 aromatic heterocycles. The van der Waals surface area contributed by atoms with Crippen LogP contribution in [0.15, 0.2) is 57.7 Å². The molecule has 2 aromatic carbocycles. The first-order valence-corrected chi connectivity index (χ1v) is 8.64. The lowest BCUT2D eigenvalue weighted by atomic mass is 10.2. The number of nitro benzene ring substituents is 1. The van der Waals surface area contributed by atoms with Crippen molar-refractivity contribution in [1.29, 1.82) is 0 Å². The van der Waals surface area contributed by atoms with Crippen LogP contribution in [-0.4, -0.2) is 21.9 Å². The average Bonchev–Trinajstić information content (AvgIpc) is 2.97. The van der Waals surface area contributed by atoms with E-state index in [1.54, 1.807) is 4.90 Å². The number of oxazole rings is 1. The summed E-state index contributed by atoms with van der Waals surface area (Å²) in [4.78, 5) is 37.0. The molecule has 0 aliphatic carbocycles. The molecule has 3 rings (SSSR count). The molecule has 27 heavy (non-hydrogen) atoms. The van der Waals surface area contributed by atoms with Crippen molar-refractivity contribution < 1.29 is 14.1 Å². The lowest BCUT2D eigenvalue weighted by Crippen LogP contribution is -2.36. The third kappa shape index (κ3) is 3.89. The van der Waals surface area contributed by atoms with Crippen LogP contribution >= 0.6 is 0 Å². The maximum atomic E-state index is 12.9. The fraction of sp³-hybridized carbons (Fsp3) is 0.263. The van der Waals surface area contributed by atoms with Crippen molar-refractivity contribution in [1.82, 2.24) is 4.57 Å². The van der Waals surface area contributed by atoms with E-state index in [-0.39, 0.29) is 23.7 Å². The Morgan fingerprint density at radius 2 is 1.96 bits per heavy atom. The Kier molecular flexibility index (Phi) is 5.35. The second-order valence-corrected chi connectivity index (χ2v) is 6.10. The molecule has 0 atom stereocenters. The molecule has 0 spiro atoms. The van der Waals surface area contributed by atoms with Crippen LogP contribution in [0.3, 0.4) is 0 Å². The molecular formula is C19H19N3O5. The Bertz CT molecular complexity index is 1020. The van der Waals surface area contributed by atoms with E-state index in [9.17, 15) is 19.7 Å². The largest absolute Gasteiger partial charge is 0.420 e. The molecule has 1 heterocycles. The summed E-state index contributed by atoms with van der Waals surface area (Å²) in [5.41, 5.74) is 1.01. The van der Waals surface area contributed by atoms with Gasteiger partial charge in [-0.2, -0.15) is 0 Å². The third-order valence-electron chi connectivity index (χ3n) is 4.26. The van der Waals surface area contributed by atoms with Crippen molar-refractivity contribution in [3.8, 4) is 0 Å². The standard InChI is InChI=1S/C19H19N3O5/c1-2-3-11-20(14-7-5-4-6-8-14)18(23)13-21-16-10-9-15(22(25)26)12-17(16)27-19(21)24/h4-10,12H,2-3,11,13H2,1H3. The monoisotopic (exact) mass is 369 g/mol. The molecule has 8 heteroatoms. The van der Waals surface area contributed by atoms with E-state index < -0.39 is 10.7 Å². The van der Waals surface area contributed by atoms with Gasteiger partial charge >= 0.3 is 5.76 Å². The predicted molar refractivity (Wildman–Crippen MR) is 101 cm³/mol. The molecule has 0 N–H and O–H groups in total. The Labute approximate surface area is 154 Å². The van der Waals surface area contributed by atoms with Crippen molar-refractivity contribution in [3.05, 3.63) is 69.2 Å². The zero-order valence-corrected chi connectivity index (χ0v) is 14.8. The molecule has 0 fully saturated rings. The molecular weight excluding hydrogens is 350 g/mol. The highest BCUT2D eigenvalue weighted by atomic mass is 16.6. The van der Waals surface area contributed by atoms with Gasteiger partial charge in [-0.05, 0) is 24.6 Å². The highest BCUT2D eigenvalue weighted by Crippen LogP contribution is 2.21. The zero-order valence-electron chi connectivity index (χ0n) is 14.8. The number of nitrogens with zero attached hydrogens (tertiary/aromatic N) is 3.